The van der Waals surface area contributed by atoms with Gasteiger partial charge in [-0.05, 0) is 55.7 Å². The van der Waals surface area contributed by atoms with Crippen LogP contribution in [0.15, 0.2) is 12.1 Å². The maximum Gasteiger partial charge on any atom is 0.307 e. The van der Waals surface area contributed by atoms with Crippen LogP contribution < -0.4 is 5.73 Å². The molecule has 3 nitrogen and oxygen atoms in total. The summed E-state index contributed by atoms with van der Waals surface area (Å²) in [5.41, 5.74) is 10.8. The highest BCUT2D eigenvalue weighted by Gasteiger charge is 2.24. The molecular weight excluding hydrogens is 250 g/mol. The van der Waals surface area contributed by atoms with Crippen molar-refractivity contribution in [2.75, 3.05) is 6.54 Å². The standard InChI is InChI=1S/C17H27NO2/c1-10-6-12(3)16(13(4)7-10)14(5)11(2)8-15(9-18)17(19)20/h6-7,11,14-15H,8-9,18H2,1-5H3,(H,19,20). The van der Waals surface area contributed by atoms with Crippen molar-refractivity contribution < 1.29 is 9.90 Å². The molecule has 0 fully saturated rings. The highest BCUT2D eigenvalue weighted by atomic mass is 16.4. The Labute approximate surface area is 122 Å². The fourth-order valence-corrected chi connectivity index (χ4v) is 3.14. The van der Waals surface area contributed by atoms with Gasteiger partial charge >= 0.3 is 5.97 Å². The van der Waals surface area contributed by atoms with Crippen molar-refractivity contribution in [3.8, 4) is 0 Å². The molecule has 0 aliphatic heterocycles. The Balaban J connectivity index is 2.94. The summed E-state index contributed by atoms with van der Waals surface area (Å²) in [5, 5.41) is 9.14. The van der Waals surface area contributed by atoms with Crippen molar-refractivity contribution in [1.29, 1.82) is 0 Å². The molecule has 112 valence electrons. The van der Waals surface area contributed by atoms with Crippen molar-refractivity contribution in [2.24, 2.45) is 17.6 Å². The summed E-state index contributed by atoms with van der Waals surface area (Å²) in [6.45, 7) is 10.9. The first kappa shape index (κ1) is 16.7. The van der Waals surface area contributed by atoms with E-state index in [4.69, 9.17) is 10.8 Å². The van der Waals surface area contributed by atoms with Gasteiger partial charge in [0.2, 0.25) is 0 Å². The van der Waals surface area contributed by atoms with Crippen LogP contribution in [0, 0.1) is 32.6 Å². The van der Waals surface area contributed by atoms with Crippen LogP contribution in [0.3, 0.4) is 0 Å². The van der Waals surface area contributed by atoms with E-state index in [1.807, 2.05) is 0 Å². The number of nitrogens with two attached hydrogens (primary N) is 1. The van der Waals surface area contributed by atoms with Gasteiger partial charge in [0.15, 0.2) is 0 Å². The van der Waals surface area contributed by atoms with E-state index in [0.717, 1.165) is 0 Å². The zero-order chi connectivity index (χ0) is 15.4. The Hall–Kier alpha value is -1.35. The fourth-order valence-electron chi connectivity index (χ4n) is 3.14. The monoisotopic (exact) mass is 277 g/mol. The minimum absolute atomic E-state index is 0.207. The molecular formula is C17H27NO2. The molecule has 0 saturated heterocycles. The molecule has 20 heavy (non-hydrogen) atoms. The van der Waals surface area contributed by atoms with E-state index in [0.29, 0.717) is 18.3 Å². The van der Waals surface area contributed by atoms with Crippen LogP contribution in [0.2, 0.25) is 0 Å². The molecule has 0 bridgehead atoms. The molecule has 0 amide bonds. The molecule has 0 radical (unpaired) electrons. The third-order valence-electron chi connectivity index (χ3n) is 4.34. The number of rotatable bonds is 6. The van der Waals surface area contributed by atoms with Gasteiger partial charge in [0, 0.05) is 6.54 Å². The van der Waals surface area contributed by atoms with Gasteiger partial charge in [-0.2, -0.15) is 0 Å². The van der Waals surface area contributed by atoms with Crippen LogP contribution in [-0.2, 0) is 4.79 Å². The maximum atomic E-state index is 11.1. The highest BCUT2D eigenvalue weighted by molar-refractivity contribution is 5.70. The summed E-state index contributed by atoms with van der Waals surface area (Å²) in [7, 11) is 0. The topological polar surface area (TPSA) is 63.3 Å². The number of carboxylic acid groups (broad SMARTS) is 1. The normalized spacial score (nSPS) is 15.7. The molecule has 1 rings (SSSR count). The number of benzene rings is 1. The molecule has 1 aromatic rings. The van der Waals surface area contributed by atoms with Gasteiger partial charge in [-0.25, -0.2) is 0 Å². The molecule has 1 aromatic carbocycles. The van der Waals surface area contributed by atoms with E-state index in [1.165, 1.54) is 22.3 Å². The van der Waals surface area contributed by atoms with Crippen molar-refractivity contribution in [2.45, 2.75) is 47.0 Å². The molecule has 3 heteroatoms. The van der Waals surface area contributed by atoms with E-state index in [2.05, 4.69) is 46.8 Å². The van der Waals surface area contributed by atoms with Crippen molar-refractivity contribution in [3.63, 3.8) is 0 Å². The van der Waals surface area contributed by atoms with Gasteiger partial charge in [0.1, 0.15) is 0 Å². The molecule has 0 aliphatic rings. The van der Waals surface area contributed by atoms with Crippen molar-refractivity contribution in [3.05, 3.63) is 34.4 Å². The lowest BCUT2D eigenvalue weighted by Crippen LogP contribution is -2.26. The van der Waals surface area contributed by atoms with Crippen LogP contribution in [0.1, 0.15) is 48.4 Å². The molecule has 0 heterocycles. The lowest BCUT2D eigenvalue weighted by atomic mass is 9.79. The predicted octanol–water partition coefficient (Wildman–Crippen LogP) is 3.40. The van der Waals surface area contributed by atoms with Gasteiger partial charge < -0.3 is 10.8 Å². The molecule has 0 saturated carbocycles. The van der Waals surface area contributed by atoms with Crippen molar-refractivity contribution >= 4 is 5.97 Å². The lowest BCUT2D eigenvalue weighted by Gasteiger charge is -2.26. The van der Waals surface area contributed by atoms with Gasteiger partial charge in [-0.1, -0.05) is 31.5 Å². The highest BCUT2D eigenvalue weighted by Crippen LogP contribution is 2.33. The Kier molecular flexibility index (Phi) is 5.75. The molecule has 3 N–H and O–H groups in total. The number of hydrogen-bond acceptors (Lipinski definition) is 2. The minimum Gasteiger partial charge on any atom is -0.481 e. The Morgan fingerprint density at radius 3 is 2.10 bits per heavy atom. The van der Waals surface area contributed by atoms with Gasteiger partial charge in [-0.3, -0.25) is 4.79 Å². The first-order valence-corrected chi connectivity index (χ1v) is 7.28. The predicted molar refractivity (Wildman–Crippen MR) is 83.0 cm³/mol. The summed E-state index contributed by atoms with van der Waals surface area (Å²) in [6.07, 6.45) is 0.625. The van der Waals surface area contributed by atoms with E-state index >= 15 is 0 Å². The quantitative estimate of drug-likeness (QED) is 0.837. The number of aliphatic carboxylic acids is 1. The summed E-state index contributed by atoms with van der Waals surface area (Å²) in [6, 6.07) is 4.40. The second-order valence-corrected chi connectivity index (χ2v) is 6.08. The molecule has 0 aliphatic carbocycles. The third-order valence-corrected chi connectivity index (χ3v) is 4.34. The number of carboxylic acids is 1. The number of carbonyl (C=O) groups is 1. The number of aryl methyl sites for hydroxylation is 3. The summed E-state index contributed by atoms with van der Waals surface area (Å²) in [5.74, 6) is -0.605. The first-order chi connectivity index (χ1) is 9.27. The zero-order valence-electron chi connectivity index (χ0n) is 13.2. The van der Waals surface area contributed by atoms with Gasteiger partial charge in [-0.15, -0.1) is 0 Å². The molecule has 0 spiro atoms. The van der Waals surface area contributed by atoms with E-state index in [-0.39, 0.29) is 6.54 Å². The van der Waals surface area contributed by atoms with Crippen LogP contribution >= 0.6 is 0 Å². The maximum absolute atomic E-state index is 11.1. The number of hydrogen-bond donors (Lipinski definition) is 2. The van der Waals surface area contributed by atoms with Crippen LogP contribution in [-0.4, -0.2) is 17.6 Å². The molecule has 3 unspecified atom stereocenters. The zero-order valence-corrected chi connectivity index (χ0v) is 13.2. The van der Waals surface area contributed by atoms with E-state index < -0.39 is 11.9 Å². The Bertz CT molecular complexity index is 459. The average Bonchev–Trinajstić information content (AvgIpc) is 2.33. The Morgan fingerprint density at radius 2 is 1.70 bits per heavy atom. The summed E-state index contributed by atoms with van der Waals surface area (Å²) < 4.78 is 0. The largest absolute Gasteiger partial charge is 0.481 e. The fraction of sp³-hybridized carbons (Fsp3) is 0.588. The minimum atomic E-state index is -0.788. The Morgan fingerprint density at radius 1 is 1.20 bits per heavy atom. The van der Waals surface area contributed by atoms with Crippen LogP contribution in [0.4, 0.5) is 0 Å². The second-order valence-electron chi connectivity index (χ2n) is 6.08. The first-order valence-electron chi connectivity index (χ1n) is 7.28. The van der Waals surface area contributed by atoms with E-state index in [9.17, 15) is 4.79 Å². The second kappa shape index (κ2) is 6.89. The van der Waals surface area contributed by atoms with Gasteiger partial charge in [0.05, 0.1) is 5.92 Å². The molecule has 3 atom stereocenters. The lowest BCUT2D eigenvalue weighted by molar-refractivity contribution is -0.142. The van der Waals surface area contributed by atoms with Gasteiger partial charge in [0.25, 0.3) is 0 Å². The van der Waals surface area contributed by atoms with Crippen molar-refractivity contribution in [1.82, 2.24) is 0 Å². The molecule has 0 aromatic heterocycles. The summed E-state index contributed by atoms with van der Waals surface area (Å²) in [4.78, 5) is 11.1. The summed E-state index contributed by atoms with van der Waals surface area (Å²) >= 11 is 0. The van der Waals surface area contributed by atoms with Crippen LogP contribution in [0.5, 0.6) is 0 Å². The SMILES string of the molecule is Cc1cc(C)c(C(C)C(C)CC(CN)C(=O)O)c(C)c1. The van der Waals surface area contributed by atoms with Crippen LogP contribution in [0.25, 0.3) is 0 Å². The third kappa shape index (κ3) is 3.83. The van der Waals surface area contributed by atoms with E-state index in [1.54, 1.807) is 0 Å². The average molecular weight is 277 g/mol. The smallest absolute Gasteiger partial charge is 0.307 e.